The minimum atomic E-state index is -0.308. The number of nitrogens with one attached hydrogen (secondary N) is 3. The number of rotatable bonds is 6. The van der Waals surface area contributed by atoms with Crippen molar-refractivity contribution < 1.29 is 9.18 Å². The molecule has 188 valence electrons. The fraction of sp³-hybridized carbons (Fsp3) is 0.107. The second kappa shape index (κ2) is 9.49. The zero-order chi connectivity index (χ0) is 26.2. The molecule has 0 aliphatic heterocycles. The average molecular weight is 507 g/mol. The van der Waals surface area contributed by atoms with E-state index in [-0.39, 0.29) is 18.3 Å². The molecule has 5 aromatic heterocycles. The highest BCUT2D eigenvalue weighted by Gasteiger charge is 2.16. The van der Waals surface area contributed by atoms with Gasteiger partial charge in [-0.15, -0.1) is 0 Å². The van der Waals surface area contributed by atoms with Crippen molar-refractivity contribution in [2.24, 2.45) is 0 Å². The number of halogens is 1. The highest BCUT2D eigenvalue weighted by molar-refractivity contribution is 6.01. The lowest BCUT2D eigenvalue weighted by atomic mass is 10.0. The molecule has 5 heterocycles. The van der Waals surface area contributed by atoms with E-state index in [9.17, 15) is 9.18 Å². The number of hydrogen-bond acceptors (Lipinski definition) is 6. The van der Waals surface area contributed by atoms with Gasteiger partial charge in [0.25, 0.3) is 0 Å². The van der Waals surface area contributed by atoms with Crippen molar-refractivity contribution in [3.63, 3.8) is 0 Å². The van der Waals surface area contributed by atoms with Gasteiger partial charge in [-0.25, -0.2) is 9.37 Å². The van der Waals surface area contributed by atoms with Gasteiger partial charge in [0.1, 0.15) is 11.5 Å². The number of H-pyrrole nitrogens is 2. The van der Waals surface area contributed by atoms with Crippen LogP contribution in [0.2, 0.25) is 0 Å². The highest BCUT2D eigenvalue weighted by Crippen LogP contribution is 2.35. The summed E-state index contributed by atoms with van der Waals surface area (Å²) in [6, 6.07) is 12.4. The summed E-state index contributed by atoms with van der Waals surface area (Å²) >= 11 is 0. The number of likely N-dealkylation sites (N-methyl/N-ethyl adjacent to an activating group) is 1. The number of carbonyl (C=O) groups is 1. The summed E-state index contributed by atoms with van der Waals surface area (Å²) in [7, 11) is 3.67. The van der Waals surface area contributed by atoms with Gasteiger partial charge in [-0.1, -0.05) is 18.2 Å². The summed E-state index contributed by atoms with van der Waals surface area (Å²) in [5.74, 6) is -0.431. The maximum absolute atomic E-state index is 14.6. The van der Waals surface area contributed by atoms with Gasteiger partial charge in [0.2, 0.25) is 5.91 Å². The fourth-order valence-electron chi connectivity index (χ4n) is 4.49. The average Bonchev–Trinajstić information content (AvgIpc) is 3.52. The van der Waals surface area contributed by atoms with Crippen LogP contribution in [0.1, 0.15) is 0 Å². The number of hydrogen-bond donors (Lipinski definition) is 3. The van der Waals surface area contributed by atoms with Gasteiger partial charge in [-0.3, -0.25) is 19.9 Å². The Morgan fingerprint density at radius 2 is 1.76 bits per heavy atom. The molecule has 0 aliphatic carbocycles. The maximum atomic E-state index is 14.6. The van der Waals surface area contributed by atoms with Gasteiger partial charge in [0.05, 0.1) is 35.8 Å². The van der Waals surface area contributed by atoms with E-state index in [1.165, 1.54) is 6.07 Å². The molecule has 0 bridgehead atoms. The van der Waals surface area contributed by atoms with Crippen molar-refractivity contribution in [1.82, 2.24) is 35.0 Å². The lowest BCUT2D eigenvalue weighted by Crippen LogP contribution is -2.27. The van der Waals surface area contributed by atoms with Gasteiger partial charge in [0.15, 0.2) is 5.65 Å². The molecule has 6 rings (SSSR count). The van der Waals surface area contributed by atoms with Crippen molar-refractivity contribution in [3.05, 3.63) is 79.3 Å². The number of aromatic amines is 2. The molecule has 6 aromatic rings. The summed E-state index contributed by atoms with van der Waals surface area (Å²) in [6.45, 7) is 0.273. The molecule has 0 radical (unpaired) electrons. The number of pyridine rings is 3. The lowest BCUT2D eigenvalue weighted by molar-refractivity contribution is -0.116. The van der Waals surface area contributed by atoms with Gasteiger partial charge in [0, 0.05) is 51.6 Å². The molecule has 0 unspecified atom stereocenters. The van der Waals surface area contributed by atoms with Crippen molar-refractivity contribution in [2.75, 3.05) is 26.0 Å². The Morgan fingerprint density at radius 1 is 0.947 bits per heavy atom. The zero-order valence-corrected chi connectivity index (χ0v) is 20.7. The number of aromatic nitrogens is 6. The second-order valence-electron chi connectivity index (χ2n) is 9.25. The summed E-state index contributed by atoms with van der Waals surface area (Å²) in [5.41, 5.74) is 6.22. The molecule has 9 nitrogen and oxygen atoms in total. The summed E-state index contributed by atoms with van der Waals surface area (Å²) in [6.07, 6.45) is 8.44. The maximum Gasteiger partial charge on any atom is 0.238 e. The molecule has 0 fully saturated rings. The number of amides is 1. The zero-order valence-electron chi connectivity index (χ0n) is 20.7. The van der Waals surface area contributed by atoms with Gasteiger partial charge in [-0.2, -0.15) is 5.10 Å². The Bertz CT molecular complexity index is 1810. The summed E-state index contributed by atoms with van der Waals surface area (Å²) in [4.78, 5) is 30.5. The molecular weight excluding hydrogens is 483 g/mol. The Morgan fingerprint density at radius 3 is 2.61 bits per heavy atom. The molecule has 3 N–H and O–H groups in total. The third kappa shape index (κ3) is 4.37. The van der Waals surface area contributed by atoms with E-state index in [2.05, 4.69) is 35.5 Å². The molecule has 10 heteroatoms. The minimum Gasteiger partial charge on any atom is -0.352 e. The van der Waals surface area contributed by atoms with E-state index in [1.54, 1.807) is 54.1 Å². The van der Waals surface area contributed by atoms with Crippen LogP contribution in [0.25, 0.3) is 55.6 Å². The smallest absolute Gasteiger partial charge is 0.238 e. The first kappa shape index (κ1) is 23.4. The Labute approximate surface area is 216 Å². The topological polar surface area (TPSA) is 115 Å². The van der Waals surface area contributed by atoms with Crippen LogP contribution in [0, 0.1) is 5.82 Å². The SMILES string of the molecule is CN(C)CC(=O)Nc1cncc(-c2cnc3[nH]nc(-c4cc5c(-c6ccccc6F)cncc5[nH]4)c3c2)c1. The first-order chi connectivity index (χ1) is 18.5. The third-order valence-electron chi connectivity index (χ3n) is 6.20. The van der Waals surface area contributed by atoms with Crippen LogP contribution in [0.5, 0.6) is 0 Å². The summed E-state index contributed by atoms with van der Waals surface area (Å²) < 4.78 is 14.6. The Balaban J connectivity index is 1.39. The van der Waals surface area contributed by atoms with Crippen LogP contribution in [0.4, 0.5) is 10.1 Å². The Hall–Kier alpha value is -4.96. The lowest BCUT2D eigenvalue weighted by Gasteiger charge is -2.10. The normalized spacial score (nSPS) is 11.5. The van der Waals surface area contributed by atoms with Crippen LogP contribution < -0.4 is 5.32 Å². The Kier molecular flexibility index (Phi) is 5.85. The first-order valence-corrected chi connectivity index (χ1v) is 11.9. The summed E-state index contributed by atoms with van der Waals surface area (Å²) in [5, 5.41) is 12.0. The standard InChI is InChI=1S/C28H23FN8O/c1-37(2)15-26(38)33-18-7-16(10-30-12-18)17-8-21-27(35-36-28(21)32-11-17)24-9-20-22(13-31-14-25(20)34-24)19-5-3-4-6-23(19)29/h3-14,34H,15H2,1-2H3,(H,33,38)(H,32,35,36). The van der Waals surface area contributed by atoms with Crippen LogP contribution in [0.15, 0.2) is 73.4 Å². The van der Waals surface area contributed by atoms with Crippen molar-refractivity contribution >= 4 is 33.5 Å². The largest absolute Gasteiger partial charge is 0.352 e. The number of benzene rings is 1. The highest BCUT2D eigenvalue weighted by atomic mass is 19.1. The number of carbonyl (C=O) groups excluding carboxylic acids is 1. The van der Waals surface area contributed by atoms with Gasteiger partial charge < -0.3 is 15.2 Å². The van der Waals surface area contributed by atoms with Crippen LogP contribution in [-0.4, -0.2) is 61.6 Å². The molecule has 0 aliphatic rings. The number of anilines is 1. The van der Waals surface area contributed by atoms with E-state index < -0.39 is 0 Å². The predicted molar refractivity (Wildman–Crippen MR) is 145 cm³/mol. The molecule has 38 heavy (non-hydrogen) atoms. The predicted octanol–water partition coefficient (Wildman–Crippen LogP) is 4.87. The van der Waals surface area contributed by atoms with E-state index in [0.717, 1.165) is 33.1 Å². The quantitative estimate of drug-likeness (QED) is 0.297. The molecule has 1 amide bonds. The van der Waals surface area contributed by atoms with E-state index in [4.69, 9.17) is 0 Å². The molecular formula is C28H23FN8O. The second-order valence-corrected chi connectivity index (χ2v) is 9.25. The van der Waals surface area contributed by atoms with E-state index in [1.807, 2.05) is 32.3 Å². The van der Waals surface area contributed by atoms with Crippen molar-refractivity contribution in [2.45, 2.75) is 0 Å². The number of nitrogens with zero attached hydrogens (tertiary/aromatic N) is 5. The molecule has 0 saturated heterocycles. The third-order valence-corrected chi connectivity index (χ3v) is 6.20. The monoisotopic (exact) mass is 506 g/mol. The molecule has 0 atom stereocenters. The van der Waals surface area contributed by atoms with Crippen LogP contribution in [-0.2, 0) is 4.79 Å². The van der Waals surface area contributed by atoms with Gasteiger partial charge in [-0.05, 0) is 38.4 Å². The van der Waals surface area contributed by atoms with E-state index in [0.29, 0.717) is 28.2 Å². The van der Waals surface area contributed by atoms with Crippen LogP contribution in [0.3, 0.4) is 0 Å². The van der Waals surface area contributed by atoms with Crippen LogP contribution >= 0.6 is 0 Å². The van der Waals surface area contributed by atoms with Gasteiger partial charge >= 0.3 is 0 Å². The first-order valence-electron chi connectivity index (χ1n) is 11.9. The fourth-order valence-corrected chi connectivity index (χ4v) is 4.49. The van der Waals surface area contributed by atoms with E-state index >= 15 is 0 Å². The van der Waals surface area contributed by atoms with Crippen molar-refractivity contribution in [1.29, 1.82) is 0 Å². The molecule has 0 saturated carbocycles. The molecule has 1 aromatic carbocycles. The van der Waals surface area contributed by atoms with Crippen molar-refractivity contribution in [3.8, 4) is 33.6 Å². The number of fused-ring (bicyclic) bond motifs is 2. The molecule has 0 spiro atoms. The minimum absolute atomic E-state index is 0.122.